The number of aromatic nitrogens is 2. The molecule has 7 heteroatoms. The molecule has 0 aliphatic carbocycles. The first-order valence-electron chi connectivity index (χ1n) is 4.04. The van der Waals surface area contributed by atoms with Crippen molar-refractivity contribution in [2.75, 3.05) is 5.73 Å². The Morgan fingerprint density at radius 1 is 1.13 bits per heavy atom. The lowest BCUT2D eigenvalue weighted by Crippen LogP contribution is -1.82. The molecular weight excluding hydrogens is 198 g/mol. The lowest BCUT2D eigenvalue weighted by atomic mass is 10.3. The molecule has 0 bridgehead atoms. The van der Waals surface area contributed by atoms with E-state index in [0.717, 1.165) is 0 Å². The molecule has 2 rings (SSSR count). The number of azo groups is 1. The van der Waals surface area contributed by atoms with Gasteiger partial charge in [-0.1, -0.05) is 0 Å². The fraction of sp³-hybridized carbons (Fsp3) is 0. The highest BCUT2D eigenvalue weighted by Gasteiger charge is 2.03. The molecule has 0 radical (unpaired) electrons. The molecular formula is C8H7N5O2. The number of hydrogen-bond donors (Lipinski definition) is 2. The Morgan fingerprint density at radius 2 is 1.87 bits per heavy atom. The smallest absolute Gasteiger partial charge is 0.261 e. The van der Waals surface area contributed by atoms with E-state index in [0.29, 0.717) is 5.69 Å². The van der Waals surface area contributed by atoms with Crippen LogP contribution in [0.3, 0.4) is 0 Å². The van der Waals surface area contributed by atoms with Gasteiger partial charge in [0, 0.05) is 0 Å². The van der Waals surface area contributed by atoms with Gasteiger partial charge in [0.1, 0.15) is 5.75 Å². The summed E-state index contributed by atoms with van der Waals surface area (Å²) in [5, 5.41) is 23.3. The molecule has 0 amide bonds. The second kappa shape index (κ2) is 3.74. The van der Waals surface area contributed by atoms with E-state index in [4.69, 9.17) is 10.8 Å². The SMILES string of the molecule is Nc1nonc1N=Nc1ccc(O)cc1. The minimum atomic E-state index is 0.0810. The minimum absolute atomic E-state index is 0.0810. The minimum Gasteiger partial charge on any atom is -0.508 e. The number of benzene rings is 1. The summed E-state index contributed by atoms with van der Waals surface area (Å²) >= 11 is 0. The molecule has 3 N–H and O–H groups in total. The van der Waals surface area contributed by atoms with Gasteiger partial charge in [-0.2, -0.15) is 0 Å². The van der Waals surface area contributed by atoms with Crippen LogP contribution < -0.4 is 5.73 Å². The van der Waals surface area contributed by atoms with Crippen LogP contribution in [0.25, 0.3) is 0 Å². The summed E-state index contributed by atoms with van der Waals surface area (Å²) in [6.45, 7) is 0. The highest BCUT2D eigenvalue weighted by Crippen LogP contribution is 2.21. The van der Waals surface area contributed by atoms with Crippen LogP contribution in [-0.4, -0.2) is 15.4 Å². The first-order valence-corrected chi connectivity index (χ1v) is 4.04. The number of hydrogen-bond acceptors (Lipinski definition) is 7. The van der Waals surface area contributed by atoms with Crippen LogP contribution in [0.4, 0.5) is 17.3 Å². The number of nitrogen functional groups attached to an aromatic ring is 1. The topological polar surface area (TPSA) is 110 Å². The third-order valence-electron chi connectivity index (χ3n) is 1.61. The van der Waals surface area contributed by atoms with Gasteiger partial charge in [-0.3, -0.25) is 0 Å². The first-order chi connectivity index (χ1) is 7.25. The number of phenolic OH excluding ortho intramolecular Hbond substituents is 1. The summed E-state index contributed by atoms with van der Waals surface area (Å²) in [5.74, 6) is 0.372. The van der Waals surface area contributed by atoms with Crippen molar-refractivity contribution >= 4 is 17.3 Å². The summed E-state index contributed by atoms with van der Waals surface area (Å²) in [7, 11) is 0. The van der Waals surface area contributed by atoms with Gasteiger partial charge < -0.3 is 10.8 Å². The third-order valence-corrected chi connectivity index (χ3v) is 1.61. The largest absolute Gasteiger partial charge is 0.508 e. The van der Waals surface area contributed by atoms with Crippen LogP contribution in [0.1, 0.15) is 0 Å². The molecule has 2 aromatic rings. The van der Waals surface area contributed by atoms with Crippen LogP contribution >= 0.6 is 0 Å². The molecule has 76 valence electrons. The number of anilines is 1. The van der Waals surface area contributed by atoms with E-state index in [1.807, 2.05) is 0 Å². The zero-order valence-corrected chi connectivity index (χ0v) is 7.53. The molecule has 0 spiro atoms. The van der Waals surface area contributed by atoms with Gasteiger partial charge >= 0.3 is 0 Å². The van der Waals surface area contributed by atoms with E-state index in [1.165, 1.54) is 12.1 Å². The maximum absolute atomic E-state index is 9.02. The standard InChI is InChI=1S/C8H7N5O2/c9-7-8(13-15-12-7)11-10-5-1-3-6(14)4-2-5/h1-4,14H,(H2,9,12). The monoisotopic (exact) mass is 205 g/mol. The van der Waals surface area contributed by atoms with Gasteiger partial charge in [0.2, 0.25) is 5.82 Å². The maximum Gasteiger partial charge on any atom is 0.261 e. The Bertz CT molecular complexity index is 476. The Morgan fingerprint density at radius 3 is 2.47 bits per heavy atom. The Labute approximate surface area is 84.2 Å². The van der Waals surface area contributed by atoms with Crippen molar-refractivity contribution in [3.8, 4) is 5.75 Å². The molecule has 0 unspecified atom stereocenters. The lowest BCUT2D eigenvalue weighted by molar-refractivity contribution is 0.310. The first kappa shape index (κ1) is 9.13. The lowest BCUT2D eigenvalue weighted by Gasteiger charge is -1.91. The van der Waals surface area contributed by atoms with Crippen LogP contribution in [0.2, 0.25) is 0 Å². The number of nitrogens with two attached hydrogens (primary N) is 1. The zero-order valence-electron chi connectivity index (χ0n) is 7.53. The molecule has 0 aliphatic rings. The van der Waals surface area contributed by atoms with E-state index < -0.39 is 0 Å². The van der Waals surface area contributed by atoms with Gasteiger partial charge in [0.15, 0.2) is 0 Å². The molecule has 0 saturated carbocycles. The zero-order chi connectivity index (χ0) is 10.7. The second-order valence-corrected chi connectivity index (χ2v) is 2.69. The van der Waals surface area contributed by atoms with Crippen molar-refractivity contribution in [2.24, 2.45) is 10.2 Å². The Kier molecular flexibility index (Phi) is 2.28. The third kappa shape index (κ3) is 2.08. The number of nitrogens with zero attached hydrogens (tertiary/aromatic N) is 4. The molecule has 1 aromatic heterocycles. The van der Waals surface area contributed by atoms with E-state index in [9.17, 15) is 0 Å². The van der Waals surface area contributed by atoms with Crippen LogP contribution in [0.15, 0.2) is 39.1 Å². The quantitative estimate of drug-likeness (QED) is 0.726. The number of phenols is 1. The Hall–Kier alpha value is -2.44. The number of rotatable bonds is 2. The predicted molar refractivity (Wildman–Crippen MR) is 51.0 cm³/mol. The summed E-state index contributed by atoms with van der Waals surface area (Å²) < 4.78 is 4.33. The average Bonchev–Trinajstić information content (AvgIpc) is 2.63. The van der Waals surface area contributed by atoms with Gasteiger partial charge in [-0.05, 0) is 34.6 Å². The molecule has 7 nitrogen and oxygen atoms in total. The molecule has 15 heavy (non-hydrogen) atoms. The maximum atomic E-state index is 9.02. The van der Waals surface area contributed by atoms with Crippen molar-refractivity contribution in [3.05, 3.63) is 24.3 Å². The van der Waals surface area contributed by atoms with Crippen LogP contribution in [0.5, 0.6) is 5.75 Å². The highest BCUT2D eigenvalue weighted by atomic mass is 16.6. The van der Waals surface area contributed by atoms with Crippen LogP contribution in [0, 0.1) is 0 Å². The van der Waals surface area contributed by atoms with E-state index in [2.05, 4.69) is 25.2 Å². The summed E-state index contributed by atoms with van der Waals surface area (Å²) in [5.41, 5.74) is 5.93. The van der Waals surface area contributed by atoms with Crippen molar-refractivity contribution in [1.29, 1.82) is 0 Å². The molecule has 0 aliphatic heterocycles. The van der Waals surface area contributed by atoms with Gasteiger partial charge in [0.05, 0.1) is 5.69 Å². The van der Waals surface area contributed by atoms with Crippen molar-refractivity contribution in [1.82, 2.24) is 10.3 Å². The van der Waals surface area contributed by atoms with Gasteiger partial charge in [0.25, 0.3) is 5.82 Å². The summed E-state index contributed by atoms with van der Waals surface area (Å²) in [4.78, 5) is 0. The van der Waals surface area contributed by atoms with E-state index in [-0.39, 0.29) is 17.4 Å². The molecule has 0 fully saturated rings. The van der Waals surface area contributed by atoms with Crippen molar-refractivity contribution in [2.45, 2.75) is 0 Å². The van der Waals surface area contributed by atoms with E-state index in [1.54, 1.807) is 12.1 Å². The highest BCUT2D eigenvalue weighted by molar-refractivity contribution is 5.49. The summed E-state index contributed by atoms with van der Waals surface area (Å²) in [6.07, 6.45) is 0. The molecule has 1 heterocycles. The Balaban J connectivity index is 2.19. The predicted octanol–water partition coefficient (Wildman–Crippen LogP) is 1.77. The fourth-order valence-corrected chi connectivity index (χ4v) is 0.885. The summed E-state index contributed by atoms with van der Waals surface area (Å²) in [6, 6.07) is 6.20. The fourth-order valence-electron chi connectivity index (χ4n) is 0.885. The van der Waals surface area contributed by atoms with E-state index >= 15 is 0 Å². The second-order valence-electron chi connectivity index (χ2n) is 2.69. The molecule has 0 atom stereocenters. The van der Waals surface area contributed by atoms with Gasteiger partial charge in [-0.25, -0.2) is 4.63 Å². The van der Waals surface area contributed by atoms with Crippen molar-refractivity contribution < 1.29 is 9.74 Å². The normalized spacial score (nSPS) is 10.9. The average molecular weight is 205 g/mol. The van der Waals surface area contributed by atoms with Crippen molar-refractivity contribution in [3.63, 3.8) is 0 Å². The molecule has 0 saturated heterocycles. The molecule has 1 aromatic carbocycles. The van der Waals surface area contributed by atoms with Crippen LogP contribution in [-0.2, 0) is 0 Å². The number of aromatic hydroxyl groups is 1. The van der Waals surface area contributed by atoms with Gasteiger partial charge in [-0.15, -0.1) is 10.2 Å².